The summed E-state index contributed by atoms with van der Waals surface area (Å²) < 4.78 is 4.73. The molecule has 1 rings (SSSR count). The number of hydrogen-bond acceptors (Lipinski definition) is 3. The average Bonchev–Trinajstić information content (AvgIpc) is 2.86. The molecular weight excluding hydrogens is 253 g/mol. The molecule has 14 heavy (non-hydrogen) atoms. The van der Waals surface area contributed by atoms with Crippen LogP contribution >= 0.6 is 0 Å². The molecule has 1 fully saturated rings. The van der Waals surface area contributed by atoms with Gasteiger partial charge in [0.05, 0.1) is 12.7 Å². The fraction of sp³-hybridized carbons (Fsp3) is 0.900. The van der Waals surface area contributed by atoms with E-state index in [1.54, 1.807) is 0 Å². The maximum Gasteiger partial charge on any atom is 0.0931 e. The first-order valence-corrected chi connectivity index (χ1v) is 4.09. The monoisotopic (exact) mass is 280 g/mol. The van der Waals surface area contributed by atoms with E-state index in [4.69, 9.17) is 16.2 Å². The fourth-order valence-corrected chi connectivity index (χ4v) is 0.371. The van der Waals surface area contributed by atoms with Crippen LogP contribution in [0.1, 0.15) is 28.2 Å². The first-order chi connectivity index (χ1) is 5.24. The van der Waals surface area contributed by atoms with Gasteiger partial charge in [-0.1, -0.05) is 28.2 Å². The minimum absolute atomic E-state index is 0. The number of ether oxygens (including phenoxy) is 1. The van der Waals surface area contributed by atoms with Crippen LogP contribution in [0.15, 0.2) is 0 Å². The minimum Gasteiger partial charge on any atom is -0.372 e. The van der Waals surface area contributed by atoms with E-state index in [-0.39, 0.29) is 47.6 Å². The Morgan fingerprint density at radius 3 is 1.86 bits per heavy atom. The van der Waals surface area contributed by atoms with Crippen LogP contribution in [-0.4, -0.2) is 25.8 Å². The van der Waals surface area contributed by atoms with Crippen molar-refractivity contribution in [1.82, 2.24) is 0 Å². The average molecular weight is 280 g/mol. The molecule has 0 aromatic rings. The second kappa shape index (κ2) is 16.4. The van der Waals surface area contributed by atoms with Gasteiger partial charge in [-0.25, -0.2) is 0 Å². The van der Waals surface area contributed by atoms with Gasteiger partial charge in [0.2, 0.25) is 0 Å². The van der Waals surface area contributed by atoms with E-state index < -0.39 is 0 Å². The van der Waals surface area contributed by atoms with Crippen molar-refractivity contribution in [3.05, 3.63) is 6.92 Å². The molecule has 1 aliphatic rings. The molecule has 3 nitrogen and oxygen atoms in total. The summed E-state index contributed by atoms with van der Waals surface area (Å²) in [5.41, 5.74) is 10.3. The molecule has 0 saturated carbocycles. The summed E-state index contributed by atoms with van der Waals surface area (Å²) in [7, 11) is 0. The third-order valence-electron chi connectivity index (χ3n) is 1.58. The van der Waals surface area contributed by atoms with Gasteiger partial charge >= 0.3 is 0 Å². The Balaban J connectivity index is -0.0000000590. The van der Waals surface area contributed by atoms with Gasteiger partial charge in [0.1, 0.15) is 0 Å². The molecule has 0 bridgehead atoms. The van der Waals surface area contributed by atoms with Crippen molar-refractivity contribution in [2.45, 2.75) is 34.3 Å². The van der Waals surface area contributed by atoms with E-state index in [9.17, 15) is 0 Å². The molecule has 0 aromatic carbocycles. The van der Waals surface area contributed by atoms with Gasteiger partial charge in [-0.15, -0.1) is 0 Å². The predicted molar refractivity (Wildman–Crippen MR) is 60.4 cm³/mol. The third kappa shape index (κ3) is 18.7. The summed E-state index contributed by atoms with van der Waals surface area (Å²) in [4.78, 5) is 0. The first kappa shape index (κ1) is 24.3. The first-order valence-electron chi connectivity index (χ1n) is 4.09. The van der Waals surface area contributed by atoms with Crippen LogP contribution in [0.3, 0.4) is 0 Å². The summed E-state index contributed by atoms with van der Waals surface area (Å²) in [6, 6.07) is 0. The van der Waals surface area contributed by atoms with Crippen molar-refractivity contribution >= 4 is 0 Å². The van der Waals surface area contributed by atoms with E-state index in [2.05, 4.69) is 13.8 Å². The van der Waals surface area contributed by atoms with Gasteiger partial charge < -0.3 is 23.1 Å². The van der Waals surface area contributed by atoms with Gasteiger partial charge in [0.25, 0.3) is 0 Å². The molecule has 0 amide bonds. The van der Waals surface area contributed by atoms with Crippen LogP contribution in [0.25, 0.3) is 0 Å². The van der Waals surface area contributed by atoms with Crippen LogP contribution in [0.5, 0.6) is 0 Å². The summed E-state index contributed by atoms with van der Waals surface area (Å²) >= 11 is 0. The van der Waals surface area contributed by atoms with Crippen molar-refractivity contribution in [3.63, 3.8) is 0 Å². The third-order valence-corrected chi connectivity index (χ3v) is 1.58. The molecule has 2 unspecified atom stereocenters. The SMILES string of the molecule is C.C.NCC1CO1.[CH2-]C(CC)CN.[Y]. The molecule has 4 N–H and O–H groups in total. The van der Waals surface area contributed by atoms with Crippen LogP contribution in [0.4, 0.5) is 0 Å². The number of nitrogens with two attached hydrogens (primary N) is 2. The number of hydrogen-bond donors (Lipinski definition) is 2. The van der Waals surface area contributed by atoms with Crippen LogP contribution in [-0.2, 0) is 37.4 Å². The Morgan fingerprint density at radius 1 is 1.43 bits per heavy atom. The summed E-state index contributed by atoms with van der Waals surface area (Å²) in [6.45, 7) is 8.14. The normalized spacial score (nSPS) is 18.4. The summed E-state index contributed by atoms with van der Waals surface area (Å²) in [6.07, 6.45) is 1.51. The van der Waals surface area contributed by atoms with Crippen LogP contribution in [0.2, 0.25) is 0 Å². The topological polar surface area (TPSA) is 64.6 Å². The van der Waals surface area contributed by atoms with E-state index in [0.29, 0.717) is 18.6 Å². The number of epoxide rings is 1. The second-order valence-electron chi connectivity index (χ2n) is 2.70. The van der Waals surface area contributed by atoms with Gasteiger partial charge in [0, 0.05) is 39.3 Å². The second-order valence-corrected chi connectivity index (χ2v) is 2.70. The zero-order valence-corrected chi connectivity index (χ0v) is 10.7. The molecule has 1 saturated heterocycles. The molecule has 2 atom stereocenters. The van der Waals surface area contributed by atoms with Gasteiger partial charge in [-0.2, -0.15) is 5.92 Å². The Bertz CT molecular complexity index is 86.2. The standard InChI is InChI=1S/C5H12N.C3H7NO.2CH4.Y/c1-3-5(2)4-6;4-1-3-2-5-3;;;/h5H,2-4,6H2,1H3;3H,1-2,4H2;2*1H4;/q-1;;;;. The van der Waals surface area contributed by atoms with Crippen molar-refractivity contribution in [3.8, 4) is 0 Å². The van der Waals surface area contributed by atoms with Crippen LogP contribution in [0, 0.1) is 12.8 Å². The zero-order chi connectivity index (χ0) is 8.69. The van der Waals surface area contributed by atoms with Crippen molar-refractivity contribution in [2.75, 3.05) is 19.7 Å². The van der Waals surface area contributed by atoms with Gasteiger partial charge in [0.15, 0.2) is 0 Å². The van der Waals surface area contributed by atoms with Crippen molar-refractivity contribution in [2.24, 2.45) is 17.4 Å². The molecule has 0 spiro atoms. The van der Waals surface area contributed by atoms with Gasteiger partial charge in [-0.05, 0) is 6.54 Å². The molecule has 4 heteroatoms. The van der Waals surface area contributed by atoms with Gasteiger partial charge in [-0.3, -0.25) is 0 Å². The summed E-state index contributed by atoms with van der Waals surface area (Å²) in [5, 5.41) is 0. The van der Waals surface area contributed by atoms with Crippen molar-refractivity contribution < 1.29 is 37.4 Å². The maximum absolute atomic E-state index is 5.22. The van der Waals surface area contributed by atoms with Crippen LogP contribution < -0.4 is 11.5 Å². The van der Waals surface area contributed by atoms with E-state index in [1.165, 1.54) is 0 Å². The van der Waals surface area contributed by atoms with Crippen molar-refractivity contribution in [1.29, 1.82) is 0 Å². The smallest absolute Gasteiger partial charge is 0.0931 e. The quantitative estimate of drug-likeness (QED) is 0.607. The molecular formula is C10H27N2OY-. The Morgan fingerprint density at radius 2 is 1.86 bits per heavy atom. The van der Waals surface area contributed by atoms with E-state index in [1.807, 2.05) is 0 Å². The molecule has 87 valence electrons. The predicted octanol–water partition coefficient (Wildman–Crippen LogP) is 1.42. The summed E-state index contributed by atoms with van der Waals surface area (Å²) in [5.74, 6) is 0.463. The molecule has 1 radical (unpaired) electrons. The Kier molecular flexibility index (Phi) is 28.5. The molecule has 0 aromatic heterocycles. The Labute approximate surface area is 115 Å². The van der Waals surface area contributed by atoms with E-state index in [0.717, 1.165) is 19.6 Å². The zero-order valence-electron chi connectivity index (χ0n) is 7.83. The largest absolute Gasteiger partial charge is 0.372 e. The maximum atomic E-state index is 5.22. The molecule has 1 aliphatic heterocycles. The minimum atomic E-state index is 0. The fourth-order valence-electron chi connectivity index (χ4n) is 0.371. The Hall–Kier alpha value is 0.984. The molecule has 0 aliphatic carbocycles. The molecule has 1 heterocycles. The van der Waals surface area contributed by atoms with E-state index >= 15 is 0 Å². The number of rotatable bonds is 3.